The number of rotatable bonds is 2. The van der Waals surface area contributed by atoms with Crippen molar-refractivity contribution in [2.45, 2.75) is 55.0 Å². The Bertz CT molecular complexity index is 503. The molecule has 5 heteroatoms. The minimum Gasteiger partial charge on any atom is -0.348 e. The van der Waals surface area contributed by atoms with Crippen molar-refractivity contribution in [1.82, 2.24) is 5.32 Å². The Kier molecular flexibility index (Phi) is 5.58. The maximum absolute atomic E-state index is 12.6. The highest BCUT2D eigenvalue weighted by atomic mass is 35.5. The van der Waals surface area contributed by atoms with Crippen LogP contribution >= 0.6 is 24.2 Å². The molecule has 1 fully saturated rings. The second kappa shape index (κ2) is 7.03. The lowest BCUT2D eigenvalue weighted by Gasteiger charge is -2.35. The maximum atomic E-state index is 12.6. The first-order valence-electron chi connectivity index (χ1n) is 7.51. The second-order valence-electron chi connectivity index (χ2n) is 5.92. The molecule has 3 rings (SSSR count). The molecule has 1 heterocycles. The van der Waals surface area contributed by atoms with E-state index in [-0.39, 0.29) is 24.4 Å². The van der Waals surface area contributed by atoms with E-state index in [9.17, 15) is 4.79 Å². The average molecular weight is 327 g/mol. The van der Waals surface area contributed by atoms with Crippen molar-refractivity contribution in [3.63, 3.8) is 0 Å². The molecule has 0 spiro atoms. The Hall–Kier alpha value is -0.710. The summed E-state index contributed by atoms with van der Waals surface area (Å²) in [5.41, 5.74) is 6.93. The van der Waals surface area contributed by atoms with Gasteiger partial charge in [0.25, 0.3) is 0 Å². The fourth-order valence-corrected chi connectivity index (χ4v) is 4.33. The third-order valence-electron chi connectivity index (χ3n) is 4.46. The summed E-state index contributed by atoms with van der Waals surface area (Å²) >= 11 is 1.87. The highest BCUT2D eigenvalue weighted by Gasteiger charge is 2.36. The Morgan fingerprint density at radius 2 is 1.95 bits per heavy atom. The molecule has 1 amide bonds. The third-order valence-corrected chi connectivity index (χ3v) is 5.58. The zero-order valence-electron chi connectivity index (χ0n) is 12.1. The molecule has 1 aromatic rings. The number of amides is 1. The number of carbonyl (C=O) groups is 1. The van der Waals surface area contributed by atoms with Gasteiger partial charge in [0.15, 0.2) is 0 Å². The molecule has 1 atom stereocenters. The second-order valence-corrected chi connectivity index (χ2v) is 7.05. The summed E-state index contributed by atoms with van der Waals surface area (Å²) in [5, 5.41) is 3.21. The highest BCUT2D eigenvalue weighted by molar-refractivity contribution is 7.99. The quantitative estimate of drug-likeness (QED) is 0.875. The summed E-state index contributed by atoms with van der Waals surface area (Å²) in [7, 11) is 0. The van der Waals surface area contributed by atoms with E-state index in [1.54, 1.807) is 0 Å². The van der Waals surface area contributed by atoms with Crippen LogP contribution in [0.1, 0.15) is 50.1 Å². The van der Waals surface area contributed by atoms with Gasteiger partial charge in [0, 0.05) is 10.6 Å². The molecule has 1 saturated carbocycles. The van der Waals surface area contributed by atoms with Crippen LogP contribution in [0.3, 0.4) is 0 Å². The number of hydrogen-bond donors (Lipinski definition) is 2. The van der Waals surface area contributed by atoms with E-state index in [0.717, 1.165) is 37.9 Å². The van der Waals surface area contributed by atoms with Crippen LogP contribution in [-0.4, -0.2) is 17.2 Å². The molecule has 1 aliphatic carbocycles. The predicted molar refractivity (Wildman–Crippen MR) is 89.9 cm³/mol. The first-order chi connectivity index (χ1) is 9.69. The van der Waals surface area contributed by atoms with E-state index in [1.165, 1.54) is 16.9 Å². The molecule has 21 heavy (non-hydrogen) atoms. The number of nitrogens with two attached hydrogens (primary N) is 1. The van der Waals surface area contributed by atoms with Crippen molar-refractivity contribution in [2.24, 2.45) is 5.73 Å². The van der Waals surface area contributed by atoms with E-state index in [0.29, 0.717) is 0 Å². The third kappa shape index (κ3) is 3.55. The Morgan fingerprint density at radius 3 is 2.71 bits per heavy atom. The van der Waals surface area contributed by atoms with Crippen molar-refractivity contribution >= 4 is 30.1 Å². The Labute approximate surface area is 136 Å². The summed E-state index contributed by atoms with van der Waals surface area (Å²) in [6.45, 7) is 0. The molecule has 3 nitrogen and oxygen atoms in total. The van der Waals surface area contributed by atoms with Crippen LogP contribution in [-0.2, 0) is 4.79 Å². The number of halogens is 1. The lowest BCUT2D eigenvalue weighted by molar-refractivity contribution is -0.128. The van der Waals surface area contributed by atoms with Crippen molar-refractivity contribution in [3.05, 3.63) is 29.8 Å². The fourth-order valence-electron chi connectivity index (χ4n) is 3.20. The van der Waals surface area contributed by atoms with Gasteiger partial charge >= 0.3 is 0 Å². The Balaban J connectivity index is 0.00000161. The molecule has 0 saturated heterocycles. The van der Waals surface area contributed by atoms with Crippen LogP contribution in [0.2, 0.25) is 0 Å². The molecule has 1 aromatic carbocycles. The van der Waals surface area contributed by atoms with Crippen LogP contribution in [0.15, 0.2) is 29.2 Å². The van der Waals surface area contributed by atoms with Gasteiger partial charge in [0.05, 0.1) is 11.6 Å². The van der Waals surface area contributed by atoms with Crippen molar-refractivity contribution in [1.29, 1.82) is 0 Å². The largest absolute Gasteiger partial charge is 0.348 e. The van der Waals surface area contributed by atoms with E-state index in [1.807, 2.05) is 17.8 Å². The first-order valence-corrected chi connectivity index (χ1v) is 8.49. The van der Waals surface area contributed by atoms with Gasteiger partial charge < -0.3 is 11.1 Å². The Morgan fingerprint density at radius 1 is 1.24 bits per heavy atom. The van der Waals surface area contributed by atoms with Gasteiger partial charge in [-0.2, -0.15) is 0 Å². The molecule has 2 aliphatic rings. The van der Waals surface area contributed by atoms with Gasteiger partial charge in [-0.3, -0.25) is 4.79 Å². The zero-order valence-corrected chi connectivity index (χ0v) is 13.8. The fraction of sp³-hybridized carbons (Fsp3) is 0.562. The van der Waals surface area contributed by atoms with E-state index in [2.05, 4.69) is 23.5 Å². The summed E-state index contributed by atoms with van der Waals surface area (Å²) in [5.74, 6) is 1.10. The molecule has 0 bridgehead atoms. The predicted octanol–water partition coefficient (Wildman–Crippen LogP) is 3.42. The highest BCUT2D eigenvalue weighted by Crippen LogP contribution is 2.36. The van der Waals surface area contributed by atoms with Gasteiger partial charge in [-0.1, -0.05) is 37.5 Å². The molecule has 0 aromatic heterocycles. The molecular weight excluding hydrogens is 304 g/mol. The normalized spacial score (nSPS) is 23.6. The molecule has 1 aliphatic heterocycles. The van der Waals surface area contributed by atoms with Gasteiger partial charge in [0.1, 0.15) is 0 Å². The topological polar surface area (TPSA) is 55.1 Å². The van der Waals surface area contributed by atoms with Crippen molar-refractivity contribution < 1.29 is 4.79 Å². The van der Waals surface area contributed by atoms with Gasteiger partial charge in [0.2, 0.25) is 5.91 Å². The van der Waals surface area contributed by atoms with Crippen LogP contribution in [0.5, 0.6) is 0 Å². The van der Waals surface area contributed by atoms with Crippen LogP contribution in [0.25, 0.3) is 0 Å². The number of fused-ring (bicyclic) bond motifs is 1. The number of benzene rings is 1. The minimum absolute atomic E-state index is 0. The molecule has 3 N–H and O–H groups in total. The van der Waals surface area contributed by atoms with E-state index in [4.69, 9.17) is 5.73 Å². The van der Waals surface area contributed by atoms with E-state index >= 15 is 0 Å². The SMILES string of the molecule is Cl.NC1(C(=O)NC2CCSc3ccccc32)CCCCC1. The lowest BCUT2D eigenvalue weighted by atomic mass is 9.81. The number of thioether (sulfide) groups is 1. The van der Waals surface area contributed by atoms with Gasteiger partial charge in [-0.25, -0.2) is 0 Å². The van der Waals surface area contributed by atoms with Gasteiger partial charge in [-0.05, 0) is 30.9 Å². The average Bonchev–Trinajstić information content (AvgIpc) is 2.48. The van der Waals surface area contributed by atoms with Crippen LogP contribution < -0.4 is 11.1 Å². The number of hydrogen-bond acceptors (Lipinski definition) is 3. The number of nitrogens with one attached hydrogen (secondary N) is 1. The minimum atomic E-state index is -0.641. The van der Waals surface area contributed by atoms with Gasteiger partial charge in [-0.15, -0.1) is 24.2 Å². The summed E-state index contributed by atoms with van der Waals surface area (Å²) in [4.78, 5) is 13.8. The maximum Gasteiger partial charge on any atom is 0.240 e. The smallest absolute Gasteiger partial charge is 0.240 e. The summed E-state index contributed by atoms with van der Waals surface area (Å²) < 4.78 is 0. The van der Waals surface area contributed by atoms with E-state index < -0.39 is 5.54 Å². The summed E-state index contributed by atoms with van der Waals surface area (Å²) in [6.07, 6.45) is 5.98. The first kappa shape index (κ1) is 16.7. The standard InChI is InChI=1S/C16H22N2OS.ClH/c17-16(9-4-1-5-10-16)15(19)18-13-8-11-20-14-7-3-2-6-12(13)14;/h2-3,6-7,13H,1,4-5,8-11,17H2,(H,18,19);1H. The van der Waals surface area contributed by atoms with Crippen molar-refractivity contribution in [2.75, 3.05) is 5.75 Å². The molecular formula is C16H23ClN2OS. The molecule has 0 radical (unpaired) electrons. The lowest BCUT2D eigenvalue weighted by Crippen LogP contribution is -2.55. The van der Waals surface area contributed by atoms with Crippen molar-refractivity contribution in [3.8, 4) is 0 Å². The summed E-state index contributed by atoms with van der Waals surface area (Å²) in [6, 6.07) is 8.49. The monoisotopic (exact) mass is 326 g/mol. The van der Waals surface area contributed by atoms with Crippen LogP contribution in [0.4, 0.5) is 0 Å². The molecule has 116 valence electrons. The number of carbonyl (C=O) groups excluding carboxylic acids is 1. The molecule has 1 unspecified atom stereocenters. The van der Waals surface area contributed by atoms with Crippen LogP contribution in [0, 0.1) is 0 Å². The zero-order chi connectivity index (χ0) is 14.0.